The number of pyridine rings is 1. The van der Waals surface area contributed by atoms with Gasteiger partial charge >= 0.3 is 0 Å². The number of hydrogen-bond acceptors (Lipinski definition) is 4. The van der Waals surface area contributed by atoms with Gasteiger partial charge in [0.25, 0.3) is 0 Å². The first-order valence-corrected chi connectivity index (χ1v) is 8.93. The monoisotopic (exact) mass is 339 g/mol. The number of carbonyl (C=O) groups excluding carboxylic acids is 1. The zero-order chi connectivity index (χ0) is 17.5. The van der Waals surface area contributed by atoms with Crippen molar-refractivity contribution in [1.82, 2.24) is 4.98 Å². The van der Waals surface area contributed by atoms with Crippen LogP contribution in [0.25, 0.3) is 0 Å². The van der Waals surface area contributed by atoms with Crippen molar-refractivity contribution in [3.63, 3.8) is 0 Å². The Balaban J connectivity index is 1.57. The van der Waals surface area contributed by atoms with Gasteiger partial charge in [-0.3, -0.25) is 4.79 Å². The van der Waals surface area contributed by atoms with E-state index in [1.807, 2.05) is 24.3 Å². The number of amides is 1. The third-order valence-corrected chi connectivity index (χ3v) is 4.57. The summed E-state index contributed by atoms with van der Waals surface area (Å²) in [5, 5.41) is 2.86. The maximum absolute atomic E-state index is 12.3. The van der Waals surface area contributed by atoms with Crippen LogP contribution >= 0.6 is 0 Å². The van der Waals surface area contributed by atoms with Crippen molar-refractivity contribution in [2.45, 2.75) is 38.5 Å². The van der Waals surface area contributed by atoms with Crippen LogP contribution in [0, 0.1) is 5.92 Å². The van der Waals surface area contributed by atoms with Gasteiger partial charge in [-0.05, 0) is 48.6 Å². The Labute approximate surface area is 148 Å². The summed E-state index contributed by atoms with van der Waals surface area (Å²) in [7, 11) is 0. The second-order valence-electron chi connectivity index (χ2n) is 6.63. The molecule has 0 saturated heterocycles. The van der Waals surface area contributed by atoms with Crippen LogP contribution in [0.1, 0.15) is 37.7 Å². The van der Waals surface area contributed by atoms with Crippen LogP contribution in [-0.4, -0.2) is 17.5 Å². The SMILES string of the molecule is Nc1ccc(CC(=O)Nc2ncccc2OCC2CCCCC2)cc1. The number of nitrogens with two attached hydrogens (primary N) is 1. The molecular weight excluding hydrogens is 314 g/mol. The lowest BCUT2D eigenvalue weighted by atomic mass is 9.90. The number of carbonyl (C=O) groups is 1. The predicted molar refractivity (Wildman–Crippen MR) is 99.5 cm³/mol. The Bertz CT molecular complexity index is 694. The molecule has 1 aromatic carbocycles. The summed E-state index contributed by atoms with van der Waals surface area (Å²) in [6.07, 6.45) is 8.28. The fraction of sp³-hybridized carbons (Fsp3) is 0.400. The zero-order valence-electron chi connectivity index (χ0n) is 14.4. The molecule has 1 amide bonds. The second kappa shape index (κ2) is 8.51. The highest BCUT2D eigenvalue weighted by Crippen LogP contribution is 2.27. The summed E-state index contributed by atoms with van der Waals surface area (Å²) >= 11 is 0. The van der Waals surface area contributed by atoms with E-state index in [2.05, 4.69) is 10.3 Å². The molecule has 1 saturated carbocycles. The first-order valence-electron chi connectivity index (χ1n) is 8.93. The lowest BCUT2D eigenvalue weighted by Crippen LogP contribution is -2.18. The molecular formula is C20H25N3O2. The number of aromatic nitrogens is 1. The molecule has 1 aliphatic rings. The number of ether oxygens (including phenoxy) is 1. The van der Waals surface area contributed by atoms with Gasteiger partial charge in [-0.25, -0.2) is 4.98 Å². The van der Waals surface area contributed by atoms with E-state index in [4.69, 9.17) is 10.5 Å². The number of nitrogens with one attached hydrogen (secondary N) is 1. The number of benzene rings is 1. The van der Waals surface area contributed by atoms with Gasteiger partial charge in [0.15, 0.2) is 11.6 Å². The van der Waals surface area contributed by atoms with Gasteiger partial charge in [0, 0.05) is 11.9 Å². The van der Waals surface area contributed by atoms with Crippen LogP contribution in [0.2, 0.25) is 0 Å². The summed E-state index contributed by atoms with van der Waals surface area (Å²) in [5.74, 6) is 1.61. The maximum atomic E-state index is 12.3. The summed E-state index contributed by atoms with van der Waals surface area (Å²) in [4.78, 5) is 16.5. The van der Waals surface area contributed by atoms with Crippen LogP contribution in [-0.2, 0) is 11.2 Å². The Morgan fingerprint density at radius 1 is 1.16 bits per heavy atom. The van der Waals surface area contributed by atoms with Crippen LogP contribution < -0.4 is 15.8 Å². The van der Waals surface area contributed by atoms with Crippen molar-refractivity contribution in [3.05, 3.63) is 48.2 Å². The smallest absolute Gasteiger partial charge is 0.230 e. The molecule has 0 radical (unpaired) electrons. The topological polar surface area (TPSA) is 77.2 Å². The van der Waals surface area contributed by atoms with E-state index in [0.717, 1.165) is 5.56 Å². The van der Waals surface area contributed by atoms with E-state index in [1.54, 1.807) is 18.3 Å². The molecule has 0 aliphatic heterocycles. The van der Waals surface area contributed by atoms with Crippen LogP contribution in [0.5, 0.6) is 5.75 Å². The van der Waals surface area contributed by atoms with Crippen molar-refractivity contribution in [3.8, 4) is 5.75 Å². The molecule has 132 valence electrons. The second-order valence-corrected chi connectivity index (χ2v) is 6.63. The Morgan fingerprint density at radius 2 is 1.92 bits per heavy atom. The Hall–Kier alpha value is -2.56. The minimum absolute atomic E-state index is 0.119. The van der Waals surface area contributed by atoms with E-state index < -0.39 is 0 Å². The van der Waals surface area contributed by atoms with E-state index in [9.17, 15) is 4.79 Å². The van der Waals surface area contributed by atoms with Crippen molar-refractivity contribution in [2.75, 3.05) is 17.7 Å². The van der Waals surface area contributed by atoms with Crippen LogP contribution in [0.4, 0.5) is 11.5 Å². The molecule has 3 N–H and O–H groups in total. The highest BCUT2D eigenvalue weighted by molar-refractivity contribution is 5.92. The summed E-state index contributed by atoms with van der Waals surface area (Å²) in [6.45, 7) is 0.687. The fourth-order valence-corrected chi connectivity index (χ4v) is 3.16. The van der Waals surface area contributed by atoms with Gasteiger partial charge in [-0.2, -0.15) is 0 Å². The summed E-state index contributed by atoms with van der Waals surface area (Å²) in [5.41, 5.74) is 7.27. The molecule has 25 heavy (non-hydrogen) atoms. The molecule has 3 rings (SSSR count). The maximum Gasteiger partial charge on any atom is 0.230 e. The molecule has 1 heterocycles. The number of nitrogen functional groups attached to an aromatic ring is 1. The van der Waals surface area contributed by atoms with Crippen molar-refractivity contribution >= 4 is 17.4 Å². The largest absolute Gasteiger partial charge is 0.489 e. The normalized spacial score (nSPS) is 14.9. The quantitative estimate of drug-likeness (QED) is 0.785. The number of rotatable bonds is 6. The van der Waals surface area contributed by atoms with Crippen molar-refractivity contribution in [2.24, 2.45) is 5.92 Å². The van der Waals surface area contributed by atoms with Crippen LogP contribution in [0.3, 0.4) is 0 Å². The van der Waals surface area contributed by atoms with Gasteiger partial charge in [-0.1, -0.05) is 31.4 Å². The predicted octanol–water partition coefficient (Wildman–Crippen LogP) is 3.80. The van der Waals surface area contributed by atoms with Gasteiger partial charge in [0.1, 0.15) is 0 Å². The lowest BCUT2D eigenvalue weighted by Gasteiger charge is -2.22. The first kappa shape index (κ1) is 17.3. The third kappa shape index (κ3) is 5.21. The highest BCUT2D eigenvalue weighted by atomic mass is 16.5. The molecule has 5 nitrogen and oxygen atoms in total. The molecule has 5 heteroatoms. The van der Waals surface area contributed by atoms with Crippen molar-refractivity contribution < 1.29 is 9.53 Å². The standard InChI is InChI=1S/C20H25N3O2/c21-17-10-8-15(9-11-17)13-19(24)23-20-18(7-4-12-22-20)25-14-16-5-2-1-3-6-16/h4,7-12,16H,1-3,5-6,13-14,21H2,(H,22,23,24). The molecule has 0 atom stereocenters. The van der Waals surface area contributed by atoms with Gasteiger partial charge in [0.05, 0.1) is 13.0 Å². The number of anilines is 2. The Kier molecular flexibility index (Phi) is 5.88. The molecule has 1 aromatic heterocycles. The van der Waals surface area contributed by atoms with Crippen LogP contribution in [0.15, 0.2) is 42.6 Å². The fourth-order valence-electron chi connectivity index (χ4n) is 3.16. The van der Waals surface area contributed by atoms with E-state index in [1.165, 1.54) is 32.1 Å². The Morgan fingerprint density at radius 3 is 2.68 bits per heavy atom. The molecule has 0 unspecified atom stereocenters. The van der Waals surface area contributed by atoms with E-state index >= 15 is 0 Å². The van der Waals surface area contributed by atoms with Crippen molar-refractivity contribution in [1.29, 1.82) is 0 Å². The molecule has 1 fully saturated rings. The van der Waals surface area contributed by atoms with Gasteiger partial charge < -0.3 is 15.8 Å². The zero-order valence-corrected chi connectivity index (χ0v) is 14.4. The summed E-state index contributed by atoms with van der Waals surface area (Å²) in [6, 6.07) is 11.0. The van der Waals surface area contributed by atoms with E-state index in [0.29, 0.717) is 29.8 Å². The lowest BCUT2D eigenvalue weighted by molar-refractivity contribution is -0.115. The van der Waals surface area contributed by atoms with Gasteiger partial charge in [-0.15, -0.1) is 0 Å². The minimum atomic E-state index is -0.119. The molecule has 0 spiro atoms. The first-order chi connectivity index (χ1) is 12.2. The third-order valence-electron chi connectivity index (χ3n) is 4.57. The molecule has 0 bridgehead atoms. The van der Waals surface area contributed by atoms with E-state index in [-0.39, 0.29) is 12.3 Å². The number of nitrogens with zero attached hydrogens (tertiary/aromatic N) is 1. The molecule has 1 aliphatic carbocycles. The number of hydrogen-bond donors (Lipinski definition) is 2. The average molecular weight is 339 g/mol. The van der Waals surface area contributed by atoms with Gasteiger partial charge in [0.2, 0.25) is 5.91 Å². The minimum Gasteiger partial charge on any atom is -0.489 e. The summed E-state index contributed by atoms with van der Waals surface area (Å²) < 4.78 is 5.95. The molecule has 2 aromatic rings. The average Bonchev–Trinajstić information content (AvgIpc) is 2.64. The highest BCUT2D eigenvalue weighted by Gasteiger charge is 2.16.